The highest BCUT2D eigenvalue weighted by molar-refractivity contribution is 6.31. The molecule has 0 atom stereocenters. The average Bonchev–Trinajstić information content (AvgIpc) is 2.69. The number of benzene rings is 3. The number of nitrogens with zero attached hydrogens (tertiary/aromatic N) is 2. The van der Waals surface area contributed by atoms with Crippen LogP contribution in [0.15, 0.2) is 71.5 Å². The molecule has 28 heavy (non-hydrogen) atoms. The highest BCUT2D eigenvalue weighted by Crippen LogP contribution is 2.23. The van der Waals surface area contributed by atoms with E-state index in [2.05, 4.69) is 4.98 Å². The Labute approximate surface area is 166 Å². The molecule has 0 amide bonds. The lowest BCUT2D eigenvalue weighted by atomic mass is 10.1. The number of hydrogen-bond acceptors (Lipinski definition) is 2. The van der Waals surface area contributed by atoms with Crippen molar-refractivity contribution in [2.75, 3.05) is 0 Å². The van der Waals surface area contributed by atoms with Gasteiger partial charge in [-0.1, -0.05) is 48.0 Å². The van der Waals surface area contributed by atoms with Gasteiger partial charge >= 0.3 is 0 Å². The third kappa shape index (κ3) is 3.35. The van der Waals surface area contributed by atoms with E-state index in [1.165, 1.54) is 12.1 Å². The normalized spacial score (nSPS) is 11.4. The van der Waals surface area contributed by atoms with Crippen LogP contribution in [0.4, 0.5) is 4.39 Å². The van der Waals surface area contributed by atoms with Crippen molar-refractivity contribution in [2.45, 2.75) is 6.92 Å². The van der Waals surface area contributed by atoms with E-state index in [1.54, 1.807) is 53.1 Å². The van der Waals surface area contributed by atoms with Crippen LogP contribution in [-0.4, -0.2) is 9.55 Å². The lowest BCUT2D eigenvalue weighted by molar-refractivity contribution is 0.627. The zero-order valence-corrected chi connectivity index (χ0v) is 15.8. The van der Waals surface area contributed by atoms with Crippen LogP contribution in [0.5, 0.6) is 0 Å². The fraction of sp³-hybridized carbons (Fsp3) is 0.0435. The van der Waals surface area contributed by atoms with Crippen LogP contribution in [-0.2, 0) is 0 Å². The summed E-state index contributed by atoms with van der Waals surface area (Å²) in [7, 11) is 0. The van der Waals surface area contributed by atoms with Gasteiger partial charge in [-0.25, -0.2) is 9.37 Å². The third-order valence-electron chi connectivity index (χ3n) is 4.56. The van der Waals surface area contributed by atoms with Crippen LogP contribution in [0.1, 0.15) is 17.0 Å². The molecule has 0 fully saturated rings. The molecule has 1 heterocycles. The molecule has 4 rings (SSSR count). The zero-order chi connectivity index (χ0) is 19.7. The summed E-state index contributed by atoms with van der Waals surface area (Å²) in [6.45, 7) is 1.86. The second-order valence-corrected chi connectivity index (χ2v) is 6.81. The lowest BCUT2D eigenvalue weighted by Gasteiger charge is -2.14. The van der Waals surface area contributed by atoms with Crippen molar-refractivity contribution in [2.24, 2.45) is 0 Å². The first-order valence-electron chi connectivity index (χ1n) is 8.75. The molecule has 0 saturated heterocycles. The summed E-state index contributed by atoms with van der Waals surface area (Å²) in [5.41, 5.74) is 2.53. The SMILES string of the molecule is Cc1c(Cl)cccc1-n1c(C=Cc2cccc(F)c2)nc2ccccc2c1=O. The molecule has 3 aromatic carbocycles. The molecule has 0 bridgehead atoms. The largest absolute Gasteiger partial charge is 0.268 e. The Bertz CT molecular complexity index is 1280. The number of halogens is 2. The van der Waals surface area contributed by atoms with E-state index in [9.17, 15) is 9.18 Å². The number of aromatic nitrogens is 2. The predicted octanol–water partition coefficient (Wildman–Crippen LogP) is 5.66. The van der Waals surface area contributed by atoms with Gasteiger partial charge in [0.2, 0.25) is 0 Å². The molecule has 4 aromatic rings. The third-order valence-corrected chi connectivity index (χ3v) is 4.96. The van der Waals surface area contributed by atoms with Crippen LogP contribution < -0.4 is 5.56 Å². The van der Waals surface area contributed by atoms with Gasteiger partial charge in [-0.15, -0.1) is 0 Å². The summed E-state index contributed by atoms with van der Waals surface area (Å²) in [6, 6.07) is 18.8. The zero-order valence-electron chi connectivity index (χ0n) is 15.1. The molecule has 0 aliphatic heterocycles. The molecule has 1 aromatic heterocycles. The van der Waals surface area contributed by atoms with Crippen molar-refractivity contribution in [3.63, 3.8) is 0 Å². The maximum absolute atomic E-state index is 13.5. The van der Waals surface area contributed by atoms with Gasteiger partial charge in [-0.3, -0.25) is 9.36 Å². The second-order valence-electron chi connectivity index (χ2n) is 6.40. The Morgan fingerprint density at radius 2 is 1.79 bits per heavy atom. The van der Waals surface area contributed by atoms with E-state index in [4.69, 9.17) is 11.6 Å². The van der Waals surface area contributed by atoms with Gasteiger partial charge in [-0.05, 0) is 60.5 Å². The van der Waals surface area contributed by atoms with Gasteiger partial charge in [0.1, 0.15) is 11.6 Å². The van der Waals surface area contributed by atoms with Crippen molar-refractivity contribution < 1.29 is 4.39 Å². The van der Waals surface area contributed by atoms with E-state index in [1.807, 2.05) is 25.1 Å². The molecule has 138 valence electrons. The highest BCUT2D eigenvalue weighted by Gasteiger charge is 2.13. The Hall–Kier alpha value is -3.24. The van der Waals surface area contributed by atoms with Crippen LogP contribution in [0, 0.1) is 12.7 Å². The number of rotatable bonds is 3. The van der Waals surface area contributed by atoms with Gasteiger partial charge in [0, 0.05) is 5.02 Å². The maximum atomic E-state index is 13.5. The molecule has 0 radical (unpaired) electrons. The van der Waals surface area contributed by atoms with E-state index in [0.717, 1.165) is 5.56 Å². The van der Waals surface area contributed by atoms with Crippen LogP contribution in [0.25, 0.3) is 28.7 Å². The summed E-state index contributed by atoms with van der Waals surface area (Å²) in [5, 5.41) is 1.09. The van der Waals surface area contributed by atoms with Crippen LogP contribution >= 0.6 is 11.6 Å². The lowest BCUT2D eigenvalue weighted by Crippen LogP contribution is -2.23. The van der Waals surface area contributed by atoms with Crippen LogP contribution in [0.2, 0.25) is 5.02 Å². The fourth-order valence-electron chi connectivity index (χ4n) is 3.11. The topological polar surface area (TPSA) is 34.9 Å². The van der Waals surface area contributed by atoms with E-state index in [0.29, 0.717) is 33.0 Å². The molecule has 0 unspecified atom stereocenters. The molecule has 0 N–H and O–H groups in total. The first-order chi connectivity index (χ1) is 13.5. The minimum atomic E-state index is -0.323. The number of hydrogen-bond donors (Lipinski definition) is 0. The van der Waals surface area contributed by atoms with Crippen molar-refractivity contribution in [3.05, 3.63) is 105 Å². The Morgan fingerprint density at radius 3 is 2.61 bits per heavy atom. The monoisotopic (exact) mass is 390 g/mol. The van der Waals surface area contributed by atoms with Gasteiger partial charge in [0.05, 0.1) is 16.6 Å². The van der Waals surface area contributed by atoms with Crippen molar-refractivity contribution >= 4 is 34.7 Å². The van der Waals surface area contributed by atoms with Crippen molar-refractivity contribution in [3.8, 4) is 5.69 Å². The van der Waals surface area contributed by atoms with Gasteiger partial charge in [-0.2, -0.15) is 0 Å². The van der Waals surface area contributed by atoms with E-state index in [-0.39, 0.29) is 11.4 Å². The summed E-state index contributed by atoms with van der Waals surface area (Å²) < 4.78 is 15.0. The molecule has 0 spiro atoms. The summed E-state index contributed by atoms with van der Waals surface area (Å²) >= 11 is 6.28. The first kappa shape index (κ1) is 18.1. The van der Waals surface area contributed by atoms with E-state index >= 15 is 0 Å². The molecule has 0 aliphatic carbocycles. The quantitative estimate of drug-likeness (QED) is 0.452. The van der Waals surface area contributed by atoms with E-state index < -0.39 is 0 Å². The number of fused-ring (bicyclic) bond motifs is 1. The van der Waals surface area contributed by atoms with Crippen molar-refractivity contribution in [1.29, 1.82) is 0 Å². The molecular formula is C23H16ClFN2O. The second kappa shape index (κ2) is 7.41. The first-order valence-corrected chi connectivity index (χ1v) is 9.13. The molecule has 5 heteroatoms. The van der Waals surface area contributed by atoms with Gasteiger partial charge in [0.25, 0.3) is 5.56 Å². The smallest absolute Gasteiger partial charge is 0.266 e. The molecular weight excluding hydrogens is 375 g/mol. The minimum Gasteiger partial charge on any atom is -0.268 e. The van der Waals surface area contributed by atoms with Crippen molar-refractivity contribution in [1.82, 2.24) is 9.55 Å². The highest BCUT2D eigenvalue weighted by atomic mass is 35.5. The predicted molar refractivity (Wildman–Crippen MR) is 112 cm³/mol. The number of para-hydroxylation sites is 1. The maximum Gasteiger partial charge on any atom is 0.266 e. The van der Waals surface area contributed by atoms with Crippen LogP contribution in [0.3, 0.4) is 0 Å². The average molecular weight is 391 g/mol. The van der Waals surface area contributed by atoms with Gasteiger partial charge < -0.3 is 0 Å². The molecule has 0 aliphatic rings. The Balaban J connectivity index is 1.99. The molecule has 0 saturated carbocycles. The summed E-state index contributed by atoms with van der Waals surface area (Å²) in [5.74, 6) is 0.120. The molecule has 3 nitrogen and oxygen atoms in total. The standard InChI is InChI=1S/C23H16ClFN2O/c1-15-19(24)9-5-11-21(15)27-22(13-12-16-6-4-7-17(25)14-16)26-20-10-3-2-8-18(20)23(27)28/h2-14H,1H3. The minimum absolute atomic E-state index is 0.185. The van der Waals surface area contributed by atoms with Gasteiger partial charge in [0.15, 0.2) is 0 Å². The Kier molecular flexibility index (Phi) is 4.80. The Morgan fingerprint density at radius 1 is 1.00 bits per heavy atom. The summed E-state index contributed by atoms with van der Waals surface area (Å²) in [4.78, 5) is 17.9. The fourth-order valence-corrected chi connectivity index (χ4v) is 3.28. The summed E-state index contributed by atoms with van der Waals surface area (Å²) in [6.07, 6.45) is 3.44.